The fourth-order valence-corrected chi connectivity index (χ4v) is 2.91. The molecule has 4 N–H and O–H groups in total. The molecule has 11 heteroatoms. The van der Waals surface area contributed by atoms with Gasteiger partial charge in [-0.3, -0.25) is 15.6 Å². The zero-order valence-corrected chi connectivity index (χ0v) is 15.7. The highest BCUT2D eigenvalue weighted by Gasteiger charge is 2.17. The molecule has 0 saturated carbocycles. The lowest BCUT2D eigenvalue weighted by Gasteiger charge is -2.16. The van der Waals surface area contributed by atoms with Crippen LogP contribution in [0.1, 0.15) is 17.3 Å². The summed E-state index contributed by atoms with van der Waals surface area (Å²) >= 11 is 11.0. The summed E-state index contributed by atoms with van der Waals surface area (Å²) in [6, 6.07) is 3.75. The number of sulfonamides is 1. The molecule has 0 heterocycles. The molecule has 1 atom stereocenters. The molecule has 0 bridgehead atoms. The third-order valence-corrected chi connectivity index (χ3v) is 4.81. The molecule has 1 amide bonds. The van der Waals surface area contributed by atoms with E-state index in [1.165, 1.54) is 25.2 Å². The van der Waals surface area contributed by atoms with E-state index < -0.39 is 15.9 Å². The number of amides is 1. The fraction of sp³-hybridized carbons (Fsp3) is 0.385. The number of nitrogens with one attached hydrogen (secondary N) is 4. The average molecular weight is 395 g/mol. The first-order valence-corrected chi connectivity index (χ1v) is 9.07. The molecule has 0 unspecified atom stereocenters. The number of thiocarbonyl (C=S) groups is 1. The molecule has 1 aromatic carbocycles. The lowest BCUT2D eigenvalue weighted by Crippen LogP contribution is -2.50. The zero-order chi connectivity index (χ0) is 18.3. The highest BCUT2D eigenvalue weighted by Crippen LogP contribution is 2.20. The van der Waals surface area contributed by atoms with Crippen LogP contribution in [0.25, 0.3) is 0 Å². The zero-order valence-electron chi connectivity index (χ0n) is 13.3. The molecule has 0 spiro atoms. The van der Waals surface area contributed by atoms with E-state index in [1.807, 2.05) is 6.92 Å². The van der Waals surface area contributed by atoms with Crippen LogP contribution in [0.2, 0.25) is 5.02 Å². The Bertz CT molecular complexity index is 712. The van der Waals surface area contributed by atoms with Gasteiger partial charge in [0.25, 0.3) is 5.91 Å². The highest BCUT2D eigenvalue weighted by molar-refractivity contribution is 7.89. The van der Waals surface area contributed by atoms with Gasteiger partial charge in [-0.2, -0.15) is 0 Å². The number of carbonyl (C=O) groups excluding carboxylic acids is 1. The van der Waals surface area contributed by atoms with Gasteiger partial charge >= 0.3 is 0 Å². The number of hydrogen-bond acceptors (Lipinski definition) is 5. The van der Waals surface area contributed by atoms with Gasteiger partial charge in [-0.05, 0) is 44.4 Å². The molecule has 0 radical (unpaired) electrons. The van der Waals surface area contributed by atoms with E-state index in [0.717, 1.165) is 0 Å². The molecule has 1 rings (SSSR count). The minimum atomic E-state index is -3.69. The summed E-state index contributed by atoms with van der Waals surface area (Å²) in [5.41, 5.74) is 4.86. The highest BCUT2D eigenvalue weighted by atomic mass is 35.5. The molecule has 8 nitrogen and oxygen atoms in total. The summed E-state index contributed by atoms with van der Waals surface area (Å²) in [5, 5.41) is 3.18. The molecular formula is C13H19ClN4O4S2. The average Bonchev–Trinajstić information content (AvgIpc) is 2.53. The Morgan fingerprint density at radius 2 is 2.04 bits per heavy atom. The van der Waals surface area contributed by atoms with E-state index in [4.69, 9.17) is 28.6 Å². The number of rotatable bonds is 6. The molecule has 0 aliphatic heterocycles. The van der Waals surface area contributed by atoms with E-state index in [9.17, 15) is 13.2 Å². The van der Waals surface area contributed by atoms with Crippen molar-refractivity contribution in [3.8, 4) is 0 Å². The minimum absolute atomic E-state index is 0.00627. The Labute approximate surface area is 151 Å². The number of hydrogen-bond donors (Lipinski definition) is 4. The molecule has 0 aliphatic rings. The second-order valence-corrected chi connectivity index (χ2v) is 7.46. The maximum absolute atomic E-state index is 12.2. The van der Waals surface area contributed by atoms with Crippen LogP contribution in [-0.2, 0) is 14.8 Å². The van der Waals surface area contributed by atoms with Gasteiger partial charge in [-0.15, -0.1) is 0 Å². The molecule has 0 saturated heterocycles. The van der Waals surface area contributed by atoms with Crippen molar-refractivity contribution in [2.75, 3.05) is 20.8 Å². The molecular weight excluding hydrogens is 376 g/mol. The Balaban J connectivity index is 2.78. The molecule has 134 valence electrons. The van der Waals surface area contributed by atoms with Gasteiger partial charge < -0.3 is 10.1 Å². The van der Waals surface area contributed by atoms with Crippen molar-refractivity contribution in [1.29, 1.82) is 0 Å². The topological polar surface area (TPSA) is 109 Å². The van der Waals surface area contributed by atoms with Gasteiger partial charge in [-0.25, -0.2) is 13.1 Å². The summed E-state index contributed by atoms with van der Waals surface area (Å²) in [5.74, 6) is -0.628. The van der Waals surface area contributed by atoms with Crippen molar-refractivity contribution in [2.45, 2.75) is 17.9 Å². The quantitative estimate of drug-likeness (QED) is 0.408. The van der Waals surface area contributed by atoms with Crippen LogP contribution in [0, 0.1) is 0 Å². The Morgan fingerprint density at radius 3 is 2.62 bits per heavy atom. The fourth-order valence-electron chi connectivity index (χ4n) is 1.70. The van der Waals surface area contributed by atoms with Crippen LogP contribution in [-0.4, -0.2) is 46.2 Å². The maximum atomic E-state index is 12.2. The largest absolute Gasteiger partial charge is 0.383 e. The van der Waals surface area contributed by atoms with Crippen LogP contribution in [0.5, 0.6) is 0 Å². The predicted octanol–water partition coefficient (Wildman–Crippen LogP) is 0.392. The first-order chi connectivity index (χ1) is 11.2. The van der Waals surface area contributed by atoms with Crippen molar-refractivity contribution in [3.05, 3.63) is 28.8 Å². The minimum Gasteiger partial charge on any atom is -0.383 e. The van der Waals surface area contributed by atoms with E-state index in [2.05, 4.69) is 20.9 Å². The van der Waals surface area contributed by atoms with Gasteiger partial charge in [-0.1, -0.05) is 11.6 Å². The van der Waals surface area contributed by atoms with Crippen LogP contribution in [0.3, 0.4) is 0 Å². The van der Waals surface area contributed by atoms with Crippen molar-refractivity contribution >= 4 is 44.9 Å². The van der Waals surface area contributed by atoms with Gasteiger partial charge in [0, 0.05) is 13.2 Å². The van der Waals surface area contributed by atoms with Gasteiger partial charge in [0.15, 0.2) is 5.11 Å². The van der Waals surface area contributed by atoms with Gasteiger partial charge in [0.2, 0.25) is 10.0 Å². The number of ether oxygens (including phenoxy) is 1. The number of halogens is 1. The van der Waals surface area contributed by atoms with E-state index in [-0.39, 0.29) is 26.6 Å². The van der Waals surface area contributed by atoms with Crippen LogP contribution in [0.4, 0.5) is 0 Å². The van der Waals surface area contributed by atoms with Crippen LogP contribution >= 0.6 is 23.8 Å². The second kappa shape index (κ2) is 9.14. The predicted molar refractivity (Wildman–Crippen MR) is 95.4 cm³/mol. The Hall–Kier alpha value is -1.46. The maximum Gasteiger partial charge on any atom is 0.271 e. The normalized spacial score (nSPS) is 12.3. The lowest BCUT2D eigenvalue weighted by atomic mass is 10.2. The van der Waals surface area contributed by atoms with Gasteiger partial charge in [0.05, 0.1) is 22.1 Å². The number of hydrazine groups is 1. The number of carbonyl (C=O) groups is 1. The first kappa shape index (κ1) is 20.6. The van der Waals surface area contributed by atoms with E-state index in [0.29, 0.717) is 6.61 Å². The first-order valence-electron chi connectivity index (χ1n) is 6.80. The summed E-state index contributed by atoms with van der Waals surface area (Å²) in [7, 11) is -0.851. The monoisotopic (exact) mass is 394 g/mol. The number of benzene rings is 1. The molecule has 1 aromatic rings. The van der Waals surface area contributed by atoms with E-state index in [1.54, 1.807) is 7.11 Å². The molecule has 0 aliphatic carbocycles. The summed E-state index contributed by atoms with van der Waals surface area (Å²) in [6.07, 6.45) is 0. The van der Waals surface area contributed by atoms with Crippen molar-refractivity contribution < 1.29 is 17.9 Å². The smallest absolute Gasteiger partial charge is 0.271 e. The molecule has 0 fully saturated rings. The lowest BCUT2D eigenvalue weighted by molar-refractivity contribution is 0.0943. The summed E-state index contributed by atoms with van der Waals surface area (Å²) < 4.78 is 30.7. The standard InChI is InChI=1S/C13H19ClN4O4S2/c1-8(7-22-3)16-13(23)18-17-12(19)10-6-9(4-5-11(10)14)24(20,21)15-2/h4-6,8,15H,7H2,1-3H3,(H,17,19)(H2,16,18,23)/t8-/m1/s1. The summed E-state index contributed by atoms with van der Waals surface area (Å²) in [4.78, 5) is 12.1. The second-order valence-electron chi connectivity index (χ2n) is 4.76. The molecule has 0 aromatic heterocycles. The SMILES string of the molecule is CNS(=O)(=O)c1ccc(Cl)c(C(=O)NNC(=S)N[C@H](C)COC)c1. The Kier molecular flexibility index (Phi) is 7.84. The summed E-state index contributed by atoms with van der Waals surface area (Å²) in [6.45, 7) is 2.29. The molecule has 24 heavy (non-hydrogen) atoms. The van der Waals surface area contributed by atoms with Crippen LogP contribution in [0.15, 0.2) is 23.1 Å². The van der Waals surface area contributed by atoms with Gasteiger partial charge in [0.1, 0.15) is 0 Å². The Morgan fingerprint density at radius 1 is 1.38 bits per heavy atom. The number of methoxy groups -OCH3 is 1. The van der Waals surface area contributed by atoms with Crippen molar-refractivity contribution in [2.24, 2.45) is 0 Å². The van der Waals surface area contributed by atoms with Crippen molar-refractivity contribution in [1.82, 2.24) is 20.9 Å². The van der Waals surface area contributed by atoms with Crippen molar-refractivity contribution in [3.63, 3.8) is 0 Å². The van der Waals surface area contributed by atoms with E-state index >= 15 is 0 Å². The third kappa shape index (κ3) is 5.87. The van der Waals surface area contributed by atoms with Crippen LogP contribution < -0.4 is 20.9 Å². The third-order valence-electron chi connectivity index (χ3n) is 2.85.